The fourth-order valence-electron chi connectivity index (χ4n) is 2.80. The van der Waals surface area contributed by atoms with Crippen LogP contribution in [0.15, 0.2) is 48.5 Å². The van der Waals surface area contributed by atoms with Crippen molar-refractivity contribution in [3.63, 3.8) is 0 Å². The van der Waals surface area contributed by atoms with Crippen LogP contribution in [0.4, 0.5) is 10.5 Å². The molecular weight excluding hydrogens is 320 g/mol. The molecule has 0 aromatic heterocycles. The molecular formula is C19H22N2O4. The Morgan fingerprint density at radius 2 is 1.96 bits per heavy atom. The van der Waals surface area contributed by atoms with Crippen molar-refractivity contribution >= 4 is 11.7 Å². The predicted molar refractivity (Wildman–Crippen MR) is 95.3 cm³/mol. The zero-order valence-electron chi connectivity index (χ0n) is 14.4. The van der Waals surface area contributed by atoms with E-state index in [0.29, 0.717) is 36.9 Å². The second-order valence-electron chi connectivity index (χ2n) is 5.71. The summed E-state index contributed by atoms with van der Waals surface area (Å²) in [5, 5.41) is 2.91. The van der Waals surface area contributed by atoms with E-state index in [0.717, 1.165) is 5.56 Å². The van der Waals surface area contributed by atoms with Gasteiger partial charge in [0.15, 0.2) is 0 Å². The third-order valence-electron chi connectivity index (χ3n) is 4.18. The van der Waals surface area contributed by atoms with Crippen LogP contribution >= 0.6 is 0 Å². The van der Waals surface area contributed by atoms with Gasteiger partial charge in [-0.3, -0.25) is 0 Å². The number of nitrogens with zero attached hydrogens (tertiary/aromatic N) is 1. The molecule has 0 bridgehead atoms. The molecule has 3 rings (SSSR count). The molecule has 1 N–H and O–H groups in total. The highest BCUT2D eigenvalue weighted by atomic mass is 16.5. The van der Waals surface area contributed by atoms with Crippen LogP contribution in [0.5, 0.6) is 11.5 Å². The molecule has 0 radical (unpaired) electrons. The van der Waals surface area contributed by atoms with Crippen molar-refractivity contribution in [1.82, 2.24) is 4.90 Å². The third kappa shape index (κ3) is 4.03. The van der Waals surface area contributed by atoms with Crippen LogP contribution in [0.1, 0.15) is 11.7 Å². The minimum Gasteiger partial charge on any atom is -0.497 e. The molecule has 6 heteroatoms. The standard InChI is InChI=1S/C19H22N2O4/c1-23-15-8-9-16(17(12-15)24-2)20-19(22)21-10-11-25-18(13-21)14-6-4-3-5-7-14/h3-9,12,18H,10-11,13H2,1-2H3,(H,20,22). The number of ether oxygens (including phenoxy) is 3. The van der Waals surface area contributed by atoms with Crippen LogP contribution in [0.25, 0.3) is 0 Å². The van der Waals surface area contributed by atoms with Gasteiger partial charge in [0.05, 0.1) is 33.1 Å². The summed E-state index contributed by atoms with van der Waals surface area (Å²) in [5.74, 6) is 1.23. The van der Waals surface area contributed by atoms with E-state index in [1.165, 1.54) is 0 Å². The molecule has 2 amide bonds. The summed E-state index contributed by atoms with van der Waals surface area (Å²) >= 11 is 0. The molecule has 25 heavy (non-hydrogen) atoms. The van der Waals surface area contributed by atoms with Gasteiger partial charge < -0.3 is 24.4 Å². The van der Waals surface area contributed by atoms with Crippen molar-refractivity contribution in [2.24, 2.45) is 0 Å². The molecule has 2 aromatic rings. The number of carbonyl (C=O) groups is 1. The van der Waals surface area contributed by atoms with E-state index in [1.807, 2.05) is 30.3 Å². The average Bonchev–Trinajstić information content (AvgIpc) is 2.69. The third-order valence-corrected chi connectivity index (χ3v) is 4.18. The first-order chi connectivity index (χ1) is 12.2. The summed E-state index contributed by atoms with van der Waals surface area (Å²) in [7, 11) is 3.15. The van der Waals surface area contributed by atoms with Gasteiger partial charge in [0.25, 0.3) is 0 Å². The van der Waals surface area contributed by atoms with Crippen LogP contribution in [-0.2, 0) is 4.74 Å². The lowest BCUT2D eigenvalue weighted by Gasteiger charge is -2.33. The lowest BCUT2D eigenvalue weighted by molar-refractivity contribution is -0.0135. The maximum atomic E-state index is 12.6. The van der Waals surface area contributed by atoms with Crippen molar-refractivity contribution in [1.29, 1.82) is 0 Å². The number of amides is 2. The molecule has 6 nitrogen and oxygen atoms in total. The molecule has 2 aromatic carbocycles. The van der Waals surface area contributed by atoms with E-state index in [2.05, 4.69) is 5.32 Å². The summed E-state index contributed by atoms with van der Waals surface area (Å²) in [6.45, 7) is 1.56. The highest BCUT2D eigenvalue weighted by Gasteiger charge is 2.25. The predicted octanol–water partition coefficient (Wildman–Crippen LogP) is 3.31. The first-order valence-electron chi connectivity index (χ1n) is 8.15. The van der Waals surface area contributed by atoms with Crippen molar-refractivity contribution in [2.45, 2.75) is 6.10 Å². The largest absolute Gasteiger partial charge is 0.497 e. The number of methoxy groups -OCH3 is 2. The normalized spacial score (nSPS) is 17.0. The molecule has 1 atom stereocenters. The summed E-state index contributed by atoms with van der Waals surface area (Å²) in [4.78, 5) is 14.4. The molecule has 1 saturated heterocycles. The van der Waals surface area contributed by atoms with Crippen LogP contribution < -0.4 is 14.8 Å². The van der Waals surface area contributed by atoms with Gasteiger partial charge in [-0.1, -0.05) is 30.3 Å². The molecule has 132 valence electrons. The Bertz CT molecular complexity index is 721. The highest BCUT2D eigenvalue weighted by molar-refractivity contribution is 5.91. The number of hydrogen-bond donors (Lipinski definition) is 1. The van der Waals surface area contributed by atoms with Gasteiger partial charge in [-0.2, -0.15) is 0 Å². The molecule has 1 aliphatic heterocycles. The molecule has 1 fully saturated rings. The fraction of sp³-hybridized carbons (Fsp3) is 0.316. The van der Waals surface area contributed by atoms with Crippen LogP contribution in [-0.4, -0.2) is 44.8 Å². The maximum Gasteiger partial charge on any atom is 0.322 e. The number of morpholine rings is 1. The number of benzene rings is 2. The molecule has 1 aliphatic rings. The van der Waals surface area contributed by atoms with E-state index in [1.54, 1.807) is 37.3 Å². The summed E-state index contributed by atoms with van der Waals surface area (Å²) < 4.78 is 16.3. The van der Waals surface area contributed by atoms with Gasteiger partial charge in [-0.15, -0.1) is 0 Å². The lowest BCUT2D eigenvalue weighted by atomic mass is 10.1. The number of hydrogen-bond acceptors (Lipinski definition) is 4. The second-order valence-corrected chi connectivity index (χ2v) is 5.71. The zero-order valence-corrected chi connectivity index (χ0v) is 14.4. The van der Waals surface area contributed by atoms with Gasteiger partial charge in [0, 0.05) is 12.6 Å². The molecule has 1 heterocycles. The SMILES string of the molecule is COc1ccc(NC(=O)N2CCOC(c3ccccc3)C2)c(OC)c1. The van der Waals surface area contributed by atoms with E-state index >= 15 is 0 Å². The maximum absolute atomic E-state index is 12.6. The van der Waals surface area contributed by atoms with Gasteiger partial charge in [-0.05, 0) is 17.7 Å². The number of carbonyl (C=O) groups excluding carboxylic acids is 1. The van der Waals surface area contributed by atoms with Gasteiger partial charge >= 0.3 is 6.03 Å². The average molecular weight is 342 g/mol. The second kappa shape index (κ2) is 7.90. The van der Waals surface area contributed by atoms with Crippen molar-refractivity contribution in [2.75, 3.05) is 39.2 Å². The summed E-state index contributed by atoms with van der Waals surface area (Å²) in [6.07, 6.45) is -0.113. The summed E-state index contributed by atoms with van der Waals surface area (Å²) in [6, 6.07) is 15.0. The van der Waals surface area contributed by atoms with E-state index in [4.69, 9.17) is 14.2 Å². The van der Waals surface area contributed by atoms with E-state index in [9.17, 15) is 4.79 Å². The zero-order chi connectivity index (χ0) is 17.6. The minimum atomic E-state index is -0.173. The molecule has 0 aliphatic carbocycles. The Labute approximate surface area is 147 Å². The number of anilines is 1. The van der Waals surface area contributed by atoms with E-state index < -0.39 is 0 Å². The molecule has 0 spiro atoms. The molecule has 1 unspecified atom stereocenters. The summed E-state index contributed by atoms with van der Waals surface area (Å²) in [5.41, 5.74) is 1.68. The first-order valence-corrected chi connectivity index (χ1v) is 8.15. The first kappa shape index (κ1) is 17.1. The van der Waals surface area contributed by atoms with Crippen molar-refractivity contribution < 1.29 is 19.0 Å². The lowest BCUT2D eigenvalue weighted by Crippen LogP contribution is -2.44. The van der Waals surface area contributed by atoms with E-state index in [-0.39, 0.29) is 12.1 Å². The number of urea groups is 1. The van der Waals surface area contributed by atoms with Crippen LogP contribution in [0, 0.1) is 0 Å². The Hall–Kier alpha value is -2.73. The fourth-order valence-corrected chi connectivity index (χ4v) is 2.80. The quantitative estimate of drug-likeness (QED) is 0.926. The number of nitrogens with one attached hydrogen (secondary N) is 1. The minimum absolute atomic E-state index is 0.113. The monoisotopic (exact) mass is 342 g/mol. The highest BCUT2D eigenvalue weighted by Crippen LogP contribution is 2.30. The molecule has 0 saturated carbocycles. The Morgan fingerprint density at radius 3 is 2.68 bits per heavy atom. The van der Waals surface area contributed by atoms with Gasteiger partial charge in [0.1, 0.15) is 17.6 Å². The van der Waals surface area contributed by atoms with Crippen LogP contribution in [0.2, 0.25) is 0 Å². The van der Waals surface area contributed by atoms with Crippen LogP contribution in [0.3, 0.4) is 0 Å². The Balaban J connectivity index is 1.69. The Morgan fingerprint density at radius 1 is 1.16 bits per heavy atom. The Kier molecular flexibility index (Phi) is 5.40. The van der Waals surface area contributed by atoms with Crippen molar-refractivity contribution in [3.8, 4) is 11.5 Å². The van der Waals surface area contributed by atoms with Gasteiger partial charge in [0.2, 0.25) is 0 Å². The van der Waals surface area contributed by atoms with Gasteiger partial charge in [-0.25, -0.2) is 4.79 Å². The topological polar surface area (TPSA) is 60.0 Å². The smallest absolute Gasteiger partial charge is 0.322 e. The number of rotatable bonds is 4. The van der Waals surface area contributed by atoms with Crippen molar-refractivity contribution in [3.05, 3.63) is 54.1 Å².